The maximum Gasteiger partial charge on any atom is 0.232 e. The van der Waals surface area contributed by atoms with Crippen LogP contribution in [0.2, 0.25) is 0 Å². The molecule has 1 rings (SSSR count). The second-order valence-corrected chi connectivity index (χ2v) is 5.08. The van der Waals surface area contributed by atoms with Crippen LogP contribution in [0.25, 0.3) is 0 Å². The van der Waals surface area contributed by atoms with E-state index in [9.17, 15) is 8.42 Å². The van der Waals surface area contributed by atoms with Gasteiger partial charge in [0.05, 0.1) is 19.6 Å². The van der Waals surface area contributed by atoms with Crippen molar-refractivity contribution in [3.8, 4) is 0 Å². The van der Waals surface area contributed by atoms with Gasteiger partial charge in [-0.05, 0) is 6.42 Å². The molecule has 0 fully saturated rings. The Balaban J connectivity index is 2.38. The van der Waals surface area contributed by atoms with Crippen molar-refractivity contribution < 1.29 is 13.5 Å². The van der Waals surface area contributed by atoms with Gasteiger partial charge in [-0.2, -0.15) is 0 Å². The minimum absolute atomic E-state index is 0.147. The summed E-state index contributed by atoms with van der Waals surface area (Å²) in [7, 11) is -3.26. The molecule has 3 N–H and O–H groups in total. The summed E-state index contributed by atoms with van der Waals surface area (Å²) in [5, 5.41) is 11.5. The molecule has 0 bridgehead atoms. The number of aliphatic hydroxyl groups is 1. The number of hydrogen-bond donors (Lipinski definition) is 3. The molecule has 0 saturated heterocycles. The molecule has 0 amide bonds. The molecule has 0 aromatic rings. The van der Waals surface area contributed by atoms with Crippen molar-refractivity contribution in [2.24, 2.45) is 4.99 Å². The molecule has 0 saturated carbocycles. The molecule has 0 aromatic heterocycles. The van der Waals surface area contributed by atoms with E-state index < -0.39 is 10.0 Å². The molecular formula is C7H16N4O3S. The van der Waals surface area contributed by atoms with Crippen molar-refractivity contribution in [3.05, 3.63) is 0 Å². The van der Waals surface area contributed by atoms with Gasteiger partial charge in [-0.25, -0.2) is 13.4 Å². The lowest BCUT2D eigenvalue weighted by atomic mass is 10.4. The van der Waals surface area contributed by atoms with Crippen molar-refractivity contribution in [1.29, 1.82) is 0 Å². The van der Waals surface area contributed by atoms with E-state index in [-0.39, 0.29) is 12.6 Å². The molecule has 7 nitrogen and oxygen atoms in total. The number of sulfonamides is 1. The SMILES string of the molecule is CS(=O)(=O)NC1=NCN(CCCO)CN1. The average Bonchev–Trinajstić information content (AvgIpc) is 2.14. The molecule has 88 valence electrons. The Kier molecular flexibility index (Phi) is 4.30. The highest BCUT2D eigenvalue weighted by Crippen LogP contribution is 1.95. The van der Waals surface area contributed by atoms with E-state index in [2.05, 4.69) is 15.0 Å². The number of hydrogen-bond acceptors (Lipinski definition) is 6. The lowest BCUT2D eigenvalue weighted by Gasteiger charge is -2.26. The summed E-state index contributed by atoms with van der Waals surface area (Å²) in [6, 6.07) is 0. The third kappa shape index (κ3) is 4.96. The lowest BCUT2D eigenvalue weighted by Crippen LogP contribution is -2.50. The van der Waals surface area contributed by atoms with Crippen LogP contribution in [0.1, 0.15) is 6.42 Å². The Morgan fingerprint density at radius 2 is 2.40 bits per heavy atom. The van der Waals surface area contributed by atoms with Gasteiger partial charge in [0.15, 0.2) is 0 Å². The van der Waals surface area contributed by atoms with E-state index in [4.69, 9.17) is 5.11 Å². The van der Waals surface area contributed by atoms with Crippen molar-refractivity contribution in [2.45, 2.75) is 6.42 Å². The Morgan fingerprint density at radius 3 is 2.87 bits per heavy atom. The quantitative estimate of drug-likeness (QED) is 0.530. The summed E-state index contributed by atoms with van der Waals surface area (Å²) in [6.07, 6.45) is 1.77. The lowest BCUT2D eigenvalue weighted by molar-refractivity contribution is 0.218. The first-order valence-corrected chi connectivity index (χ1v) is 6.50. The highest BCUT2D eigenvalue weighted by Gasteiger charge is 2.13. The van der Waals surface area contributed by atoms with Crippen LogP contribution in [0, 0.1) is 0 Å². The molecule has 8 heteroatoms. The predicted octanol–water partition coefficient (Wildman–Crippen LogP) is -1.91. The van der Waals surface area contributed by atoms with E-state index in [1.54, 1.807) is 0 Å². The minimum Gasteiger partial charge on any atom is -0.396 e. The maximum absolute atomic E-state index is 10.9. The second-order valence-electron chi connectivity index (χ2n) is 3.33. The number of nitrogens with zero attached hydrogens (tertiary/aromatic N) is 2. The number of aliphatic imine (C=N–C) groups is 1. The van der Waals surface area contributed by atoms with Crippen LogP contribution in [0.3, 0.4) is 0 Å². The smallest absolute Gasteiger partial charge is 0.232 e. The van der Waals surface area contributed by atoms with Gasteiger partial charge in [-0.1, -0.05) is 0 Å². The summed E-state index contributed by atoms with van der Waals surface area (Å²) in [4.78, 5) is 5.97. The first-order valence-electron chi connectivity index (χ1n) is 4.60. The van der Waals surface area contributed by atoms with Crippen LogP contribution in [0.5, 0.6) is 0 Å². The third-order valence-electron chi connectivity index (χ3n) is 1.81. The molecule has 0 aromatic carbocycles. The molecule has 0 radical (unpaired) electrons. The summed E-state index contributed by atoms with van der Waals surface area (Å²) in [5.74, 6) is 0.276. The fourth-order valence-electron chi connectivity index (χ4n) is 1.15. The standard InChI is InChI=1S/C7H16N4O3S/c1-15(13,14)10-7-8-5-11(6-9-7)3-2-4-12/h12H,2-6H2,1H3,(H2,8,9,10). The minimum atomic E-state index is -3.26. The largest absolute Gasteiger partial charge is 0.396 e. The Hall–Kier alpha value is -0.860. The van der Waals surface area contributed by atoms with Crippen molar-refractivity contribution in [2.75, 3.05) is 32.7 Å². The van der Waals surface area contributed by atoms with Crippen molar-refractivity contribution in [3.63, 3.8) is 0 Å². The van der Waals surface area contributed by atoms with Gasteiger partial charge >= 0.3 is 0 Å². The van der Waals surface area contributed by atoms with E-state index in [0.29, 0.717) is 19.8 Å². The molecular weight excluding hydrogens is 220 g/mol. The van der Waals surface area contributed by atoms with Crippen LogP contribution >= 0.6 is 0 Å². The highest BCUT2D eigenvalue weighted by molar-refractivity contribution is 7.89. The van der Waals surface area contributed by atoms with Gasteiger partial charge in [0.2, 0.25) is 16.0 Å². The molecule has 0 atom stereocenters. The number of aliphatic hydroxyl groups excluding tert-OH is 1. The third-order valence-corrected chi connectivity index (χ3v) is 2.38. The van der Waals surface area contributed by atoms with Crippen LogP contribution in [0.4, 0.5) is 0 Å². The Bertz CT molecular complexity index is 327. The highest BCUT2D eigenvalue weighted by atomic mass is 32.2. The van der Waals surface area contributed by atoms with Gasteiger partial charge in [0.25, 0.3) is 0 Å². The van der Waals surface area contributed by atoms with E-state index in [1.165, 1.54) is 0 Å². The summed E-state index contributed by atoms with van der Waals surface area (Å²) in [6.45, 7) is 1.85. The summed E-state index contributed by atoms with van der Waals surface area (Å²) < 4.78 is 24.0. The first-order chi connectivity index (χ1) is 7.01. The molecule has 0 spiro atoms. The zero-order chi connectivity index (χ0) is 11.3. The zero-order valence-corrected chi connectivity index (χ0v) is 9.42. The van der Waals surface area contributed by atoms with Crippen molar-refractivity contribution >= 4 is 16.0 Å². The van der Waals surface area contributed by atoms with E-state index >= 15 is 0 Å². The number of nitrogens with one attached hydrogen (secondary N) is 2. The normalized spacial score (nSPS) is 18.1. The average molecular weight is 236 g/mol. The van der Waals surface area contributed by atoms with Gasteiger partial charge in [0, 0.05) is 13.2 Å². The van der Waals surface area contributed by atoms with E-state index in [1.807, 2.05) is 4.90 Å². The maximum atomic E-state index is 10.9. The van der Waals surface area contributed by atoms with Gasteiger partial charge < -0.3 is 10.4 Å². The summed E-state index contributed by atoms with van der Waals surface area (Å²) in [5.41, 5.74) is 0. The first kappa shape index (κ1) is 12.2. The van der Waals surface area contributed by atoms with Crippen LogP contribution < -0.4 is 10.0 Å². The molecule has 1 aliphatic heterocycles. The predicted molar refractivity (Wildman–Crippen MR) is 56.7 cm³/mol. The fraction of sp³-hybridized carbons (Fsp3) is 0.857. The zero-order valence-electron chi connectivity index (χ0n) is 8.60. The molecule has 1 heterocycles. The van der Waals surface area contributed by atoms with Crippen molar-refractivity contribution in [1.82, 2.24) is 14.9 Å². The monoisotopic (exact) mass is 236 g/mol. The van der Waals surface area contributed by atoms with Gasteiger partial charge in [0.1, 0.15) is 0 Å². The van der Waals surface area contributed by atoms with Crippen LogP contribution in [0.15, 0.2) is 4.99 Å². The fourth-order valence-corrected chi connectivity index (χ4v) is 1.64. The topological polar surface area (TPSA) is 94.0 Å². The Labute approximate surface area is 89.2 Å². The van der Waals surface area contributed by atoms with Gasteiger partial charge in [-0.15, -0.1) is 0 Å². The molecule has 1 aliphatic rings. The van der Waals surface area contributed by atoms with Crippen LogP contribution in [-0.4, -0.2) is 57.1 Å². The molecule has 15 heavy (non-hydrogen) atoms. The Morgan fingerprint density at radius 1 is 1.67 bits per heavy atom. The van der Waals surface area contributed by atoms with Gasteiger partial charge in [-0.3, -0.25) is 9.62 Å². The summed E-state index contributed by atoms with van der Waals surface area (Å²) >= 11 is 0. The van der Waals surface area contributed by atoms with Crippen LogP contribution in [-0.2, 0) is 10.0 Å². The second kappa shape index (κ2) is 5.29. The molecule has 0 aliphatic carbocycles. The van der Waals surface area contributed by atoms with E-state index in [0.717, 1.165) is 12.8 Å². The number of guanidine groups is 1. The number of rotatable bonds is 4. The molecule has 0 unspecified atom stereocenters.